The molecule has 0 saturated heterocycles. The van der Waals surface area contributed by atoms with Crippen molar-refractivity contribution in [2.75, 3.05) is 6.54 Å². The molecule has 0 fully saturated rings. The van der Waals surface area contributed by atoms with Crippen molar-refractivity contribution in [2.45, 2.75) is 24.5 Å². The standard InChI is InChI=1S/C14H14FNO3S2/c15-12-2-1-11(9-17)14(7-12)21(18,19)16-5-3-13-10(8-16)4-6-20-13/h1-2,4,6-7,17H,3,5,8-9H2. The van der Waals surface area contributed by atoms with E-state index in [-0.39, 0.29) is 10.5 Å². The van der Waals surface area contributed by atoms with Crippen LogP contribution in [-0.4, -0.2) is 24.4 Å². The van der Waals surface area contributed by atoms with E-state index in [1.54, 1.807) is 11.3 Å². The van der Waals surface area contributed by atoms with Gasteiger partial charge in [-0.3, -0.25) is 0 Å². The van der Waals surface area contributed by atoms with Crippen LogP contribution in [0.4, 0.5) is 4.39 Å². The van der Waals surface area contributed by atoms with Crippen molar-refractivity contribution in [3.8, 4) is 0 Å². The van der Waals surface area contributed by atoms with Crippen molar-refractivity contribution in [2.24, 2.45) is 0 Å². The van der Waals surface area contributed by atoms with Crippen molar-refractivity contribution < 1.29 is 17.9 Å². The molecule has 0 saturated carbocycles. The number of hydrogen-bond acceptors (Lipinski definition) is 4. The van der Waals surface area contributed by atoms with E-state index in [4.69, 9.17) is 0 Å². The smallest absolute Gasteiger partial charge is 0.243 e. The summed E-state index contributed by atoms with van der Waals surface area (Å²) >= 11 is 1.62. The fourth-order valence-electron chi connectivity index (χ4n) is 2.47. The Balaban J connectivity index is 2.00. The number of hydrogen-bond donors (Lipinski definition) is 1. The van der Waals surface area contributed by atoms with Gasteiger partial charge < -0.3 is 5.11 Å². The maximum atomic E-state index is 13.4. The number of benzene rings is 1. The van der Waals surface area contributed by atoms with E-state index < -0.39 is 22.4 Å². The summed E-state index contributed by atoms with van der Waals surface area (Å²) in [6, 6.07) is 5.35. The second-order valence-electron chi connectivity index (χ2n) is 4.87. The molecule has 2 heterocycles. The highest BCUT2D eigenvalue weighted by Crippen LogP contribution is 2.29. The third-order valence-corrected chi connectivity index (χ3v) is 6.54. The molecule has 4 nitrogen and oxygen atoms in total. The lowest BCUT2D eigenvalue weighted by molar-refractivity contribution is 0.277. The lowest BCUT2D eigenvalue weighted by atomic mass is 10.1. The predicted octanol–water partition coefficient (Wildman–Crippen LogP) is 2.13. The highest BCUT2D eigenvalue weighted by molar-refractivity contribution is 7.89. The minimum Gasteiger partial charge on any atom is -0.392 e. The van der Waals surface area contributed by atoms with E-state index in [2.05, 4.69) is 0 Å². The molecule has 3 rings (SSSR count). The van der Waals surface area contributed by atoms with Crippen LogP contribution in [0.2, 0.25) is 0 Å². The Morgan fingerprint density at radius 2 is 2.14 bits per heavy atom. The van der Waals surface area contributed by atoms with Gasteiger partial charge in [0.25, 0.3) is 0 Å². The third kappa shape index (κ3) is 2.62. The van der Waals surface area contributed by atoms with Crippen LogP contribution >= 0.6 is 11.3 Å². The zero-order chi connectivity index (χ0) is 15.0. The molecule has 1 aliphatic rings. The summed E-state index contributed by atoms with van der Waals surface area (Å²) in [5, 5.41) is 11.2. The Labute approximate surface area is 126 Å². The van der Waals surface area contributed by atoms with Gasteiger partial charge in [0.1, 0.15) is 5.82 Å². The van der Waals surface area contributed by atoms with Gasteiger partial charge in [-0.05, 0) is 41.1 Å². The second kappa shape index (κ2) is 5.49. The van der Waals surface area contributed by atoms with Crippen LogP contribution in [0.1, 0.15) is 16.0 Å². The Kier molecular flexibility index (Phi) is 3.83. The van der Waals surface area contributed by atoms with Gasteiger partial charge in [-0.15, -0.1) is 11.3 Å². The second-order valence-corrected chi connectivity index (χ2v) is 7.77. The van der Waals surface area contributed by atoms with E-state index in [0.29, 0.717) is 19.5 Å². The molecule has 21 heavy (non-hydrogen) atoms. The molecule has 1 aromatic heterocycles. The molecule has 0 aliphatic carbocycles. The number of halogens is 1. The van der Waals surface area contributed by atoms with Gasteiger partial charge in [-0.1, -0.05) is 6.07 Å². The number of nitrogens with zero attached hydrogens (tertiary/aromatic N) is 1. The monoisotopic (exact) mass is 327 g/mol. The lowest BCUT2D eigenvalue weighted by Crippen LogP contribution is -2.35. The first kappa shape index (κ1) is 14.6. The molecule has 1 aliphatic heterocycles. The van der Waals surface area contributed by atoms with E-state index in [0.717, 1.165) is 17.7 Å². The van der Waals surface area contributed by atoms with Gasteiger partial charge in [-0.2, -0.15) is 4.31 Å². The largest absolute Gasteiger partial charge is 0.392 e. The van der Waals surface area contributed by atoms with Crippen LogP contribution in [0.5, 0.6) is 0 Å². The average molecular weight is 327 g/mol. The summed E-state index contributed by atoms with van der Waals surface area (Å²) in [5.41, 5.74) is 1.21. The summed E-state index contributed by atoms with van der Waals surface area (Å²) in [6.45, 7) is 0.228. The van der Waals surface area contributed by atoms with Crippen LogP contribution in [0.3, 0.4) is 0 Å². The minimum absolute atomic E-state index is 0.149. The van der Waals surface area contributed by atoms with Crippen LogP contribution in [0.15, 0.2) is 34.5 Å². The van der Waals surface area contributed by atoms with Crippen LogP contribution < -0.4 is 0 Å². The zero-order valence-electron chi connectivity index (χ0n) is 11.1. The Morgan fingerprint density at radius 3 is 2.90 bits per heavy atom. The third-order valence-electron chi connectivity index (χ3n) is 3.59. The first-order chi connectivity index (χ1) is 10.0. The lowest BCUT2D eigenvalue weighted by Gasteiger charge is -2.27. The number of rotatable bonds is 3. The van der Waals surface area contributed by atoms with Gasteiger partial charge in [0, 0.05) is 18.0 Å². The summed E-state index contributed by atoms with van der Waals surface area (Å²) < 4.78 is 40.2. The van der Waals surface area contributed by atoms with Gasteiger partial charge >= 0.3 is 0 Å². The molecule has 112 valence electrons. The average Bonchev–Trinajstić information content (AvgIpc) is 2.94. The number of fused-ring (bicyclic) bond motifs is 1. The molecule has 0 atom stereocenters. The molecule has 0 spiro atoms. The van der Waals surface area contributed by atoms with Crippen LogP contribution in [-0.2, 0) is 29.6 Å². The molecule has 2 aromatic rings. The van der Waals surface area contributed by atoms with E-state index >= 15 is 0 Å². The fraction of sp³-hybridized carbons (Fsp3) is 0.286. The molecule has 7 heteroatoms. The Morgan fingerprint density at radius 1 is 1.33 bits per heavy atom. The molecular formula is C14H14FNO3S2. The number of thiophene rings is 1. The molecule has 1 N–H and O–H groups in total. The highest BCUT2D eigenvalue weighted by atomic mass is 32.2. The zero-order valence-corrected chi connectivity index (χ0v) is 12.8. The molecule has 1 aromatic carbocycles. The first-order valence-corrected chi connectivity index (χ1v) is 8.79. The fourth-order valence-corrected chi connectivity index (χ4v) is 5.00. The molecule has 0 amide bonds. The van der Waals surface area contributed by atoms with E-state index in [1.165, 1.54) is 15.2 Å². The summed E-state index contributed by atoms with van der Waals surface area (Å²) in [5.74, 6) is -0.626. The normalized spacial score (nSPS) is 15.9. The van der Waals surface area contributed by atoms with Gasteiger partial charge in [0.05, 0.1) is 11.5 Å². The van der Waals surface area contributed by atoms with Gasteiger partial charge in [0.15, 0.2) is 0 Å². The predicted molar refractivity (Wildman–Crippen MR) is 77.9 cm³/mol. The van der Waals surface area contributed by atoms with Gasteiger partial charge in [-0.25, -0.2) is 12.8 Å². The SMILES string of the molecule is O=S(=O)(c1cc(F)ccc1CO)N1CCc2sccc2C1. The van der Waals surface area contributed by atoms with Crippen molar-refractivity contribution in [1.29, 1.82) is 0 Å². The molecule has 0 bridgehead atoms. The number of aliphatic hydroxyl groups excluding tert-OH is 1. The topological polar surface area (TPSA) is 57.6 Å². The minimum atomic E-state index is -3.81. The summed E-state index contributed by atoms with van der Waals surface area (Å²) in [6.07, 6.45) is 0.663. The molecule has 0 unspecified atom stereocenters. The van der Waals surface area contributed by atoms with Crippen LogP contribution in [0, 0.1) is 5.82 Å². The van der Waals surface area contributed by atoms with Crippen molar-refractivity contribution in [1.82, 2.24) is 4.31 Å². The quantitative estimate of drug-likeness (QED) is 0.939. The molecular weight excluding hydrogens is 313 g/mol. The van der Waals surface area contributed by atoms with Gasteiger partial charge in [0.2, 0.25) is 10.0 Å². The summed E-state index contributed by atoms with van der Waals surface area (Å²) in [4.78, 5) is 1.05. The number of sulfonamides is 1. The van der Waals surface area contributed by atoms with E-state index in [9.17, 15) is 17.9 Å². The summed E-state index contributed by atoms with van der Waals surface area (Å²) in [7, 11) is -3.81. The van der Waals surface area contributed by atoms with E-state index in [1.807, 2.05) is 11.4 Å². The maximum absolute atomic E-state index is 13.4. The highest BCUT2D eigenvalue weighted by Gasteiger charge is 2.30. The Bertz CT molecular complexity index is 770. The number of aliphatic hydroxyl groups is 1. The van der Waals surface area contributed by atoms with Crippen molar-refractivity contribution in [3.05, 3.63) is 51.5 Å². The van der Waals surface area contributed by atoms with Crippen LogP contribution in [0.25, 0.3) is 0 Å². The maximum Gasteiger partial charge on any atom is 0.243 e. The van der Waals surface area contributed by atoms with Crippen molar-refractivity contribution >= 4 is 21.4 Å². The first-order valence-electron chi connectivity index (χ1n) is 6.47. The molecule has 0 radical (unpaired) electrons. The Hall–Kier alpha value is -1.28. The van der Waals surface area contributed by atoms with Crippen molar-refractivity contribution in [3.63, 3.8) is 0 Å².